The molecular formula is C21H23N3O6. The van der Waals surface area contributed by atoms with Crippen LogP contribution in [0, 0.1) is 0 Å². The van der Waals surface area contributed by atoms with Crippen molar-refractivity contribution >= 4 is 16.9 Å². The first-order chi connectivity index (χ1) is 14.4. The number of aliphatic hydroxyl groups is 4. The van der Waals surface area contributed by atoms with Crippen LogP contribution in [0.2, 0.25) is 0 Å². The van der Waals surface area contributed by atoms with Crippen LogP contribution in [0.3, 0.4) is 0 Å². The molecule has 1 aliphatic rings. The summed E-state index contributed by atoms with van der Waals surface area (Å²) in [4.78, 5) is 19.9. The second kappa shape index (κ2) is 8.13. The topological polar surface area (TPSA) is 148 Å². The van der Waals surface area contributed by atoms with Gasteiger partial charge in [0.2, 0.25) is 0 Å². The molecule has 0 aliphatic carbocycles. The molecule has 0 spiro atoms. The number of ether oxygens (including phenoxy) is 1. The number of H-pyrrole nitrogens is 1. The summed E-state index contributed by atoms with van der Waals surface area (Å²) in [7, 11) is 1.55. The van der Waals surface area contributed by atoms with Crippen LogP contribution in [0.5, 0.6) is 0 Å². The zero-order valence-electron chi connectivity index (χ0n) is 16.2. The van der Waals surface area contributed by atoms with Crippen molar-refractivity contribution in [2.24, 2.45) is 0 Å². The van der Waals surface area contributed by atoms with E-state index in [1.54, 1.807) is 37.4 Å². The Labute approximate surface area is 172 Å². The molecule has 2 heterocycles. The lowest BCUT2D eigenvalue weighted by Crippen LogP contribution is -2.55. The molecule has 2 aromatic carbocycles. The Morgan fingerprint density at radius 3 is 2.63 bits per heavy atom. The predicted octanol–water partition coefficient (Wildman–Crippen LogP) is 0.104. The molecule has 5 atom stereocenters. The van der Waals surface area contributed by atoms with Crippen LogP contribution < -0.4 is 5.32 Å². The zero-order chi connectivity index (χ0) is 21.4. The Morgan fingerprint density at radius 1 is 1.13 bits per heavy atom. The number of amides is 1. The number of carbonyl (C=O) groups is 1. The number of nitrogens with one attached hydrogen (secondary N) is 2. The summed E-state index contributed by atoms with van der Waals surface area (Å²) in [5.41, 5.74) is 2.91. The number of hydrogen-bond acceptors (Lipinski definition) is 7. The fraction of sp³-hybridized carbons (Fsp3) is 0.333. The molecule has 1 fully saturated rings. The first-order valence-corrected chi connectivity index (χ1v) is 9.56. The lowest BCUT2D eigenvalue weighted by atomic mass is 9.90. The van der Waals surface area contributed by atoms with E-state index in [4.69, 9.17) is 4.74 Å². The van der Waals surface area contributed by atoms with Gasteiger partial charge in [0.1, 0.15) is 41.9 Å². The maximum absolute atomic E-state index is 12.1. The Bertz CT molecular complexity index is 1070. The highest BCUT2D eigenvalue weighted by molar-refractivity contribution is 6.05. The average Bonchev–Trinajstić information content (AvgIpc) is 3.22. The highest BCUT2D eigenvalue weighted by Gasteiger charge is 2.43. The zero-order valence-corrected chi connectivity index (χ0v) is 16.2. The van der Waals surface area contributed by atoms with Crippen molar-refractivity contribution in [2.45, 2.75) is 30.5 Å². The monoisotopic (exact) mass is 413 g/mol. The van der Waals surface area contributed by atoms with Gasteiger partial charge in [0.05, 0.1) is 17.7 Å². The number of nitrogens with zero attached hydrogens (tertiary/aromatic N) is 1. The fourth-order valence-corrected chi connectivity index (χ4v) is 3.73. The first-order valence-electron chi connectivity index (χ1n) is 9.56. The van der Waals surface area contributed by atoms with Crippen LogP contribution in [-0.4, -0.2) is 74.4 Å². The summed E-state index contributed by atoms with van der Waals surface area (Å²) in [5.74, 6) is 0.279. The van der Waals surface area contributed by atoms with Gasteiger partial charge < -0.3 is 35.5 Å². The molecule has 6 N–H and O–H groups in total. The van der Waals surface area contributed by atoms with Gasteiger partial charge >= 0.3 is 0 Å². The lowest BCUT2D eigenvalue weighted by Gasteiger charge is -2.40. The first kappa shape index (κ1) is 20.5. The van der Waals surface area contributed by atoms with Crippen LogP contribution in [-0.2, 0) is 4.74 Å². The highest BCUT2D eigenvalue weighted by atomic mass is 16.5. The van der Waals surface area contributed by atoms with Crippen molar-refractivity contribution in [3.8, 4) is 11.4 Å². The Kier molecular flexibility index (Phi) is 5.54. The van der Waals surface area contributed by atoms with E-state index in [1.807, 2.05) is 12.1 Å². The molecule has 0 unspecified atom stereocenters. The van der Waals surface area contributed by atoms with E-state index < -0.39 is 37.1 Å². The summed E-state index contributed by atoms with van der Waals surface area (Å²) in [6.07, 6.45) is -6.16. The van der Waals surface area contributed by atoms with Crippen molar-refractivity contribution in [1.29, 1.82) is 0 Å². The standard InChI is InChI=1S/C21H23N3O6/c1-22-21(29)12-6-3-7-13-15(12)24-20(23-13)11-5-2-4-10(8-11)19-18(28)17(27)16(26)14(9-25)30-19/h2-8,14,16-19,25-28H,9H2,1H3,(H,22,29)(H,23,24)/t14-,16-,17+,18-,19-/m1/s1. The molecule has 3 aromatic rings. The number of fused-ring (bicyclic) bond motifs is 1. The molecule has 1 aromatic heterocycles. The number of hydrogen-bond donors (Lipinski definition) is 6. The van der Waals surface area contributed by atoms with Gasteiger partial charge in [-0.25, -0.2) is 4.98 Å². The van der Waals surface area contributed by atoms with Gasteiger partial charge in [0.15, 0.2) is 0 Å². The number of aromatic amines is 1. The summed E-state index contributed by atoms with van der Waals surface area (Å²) in [6, 6.07) is 12.3. The van der Waals surface area contributed by atoms with E-state index in [0.29, 0.717) is 33.5 Å². The number of imidazole rings is 1. The maximum atomic E-state index is 12.1. The minimum absolute atomic E-state index is 0.242. The third-order valence-corrected chi connectivity index (χ3v) is 5.37. The fourth-order valence-electron chi connectivity index (χ4n) is 3.73. The van der Waals surface area contributed by atoms with E-state index in [0.717, 1.165) is 0 Å². The number of para-hydroxylation sites is 1. The minimum Gasteiger partial charge on any atom is -0.394 e. The molecule has 158 valence electrons. The molecule has 0 radical (unpaired) electrons. The largest absolute Gasteiger partial charge is 0.394 e. The van der Waals surface area contributed by atoms with E-state index in [-0.39, 0.29) is 5.91 Å². The summed E-state index contributed by atoms with van der Waals surface area (Å²) < 4.78 is 5.64. The molecular weight excluding hydrogens is 390 g/mol. The van der Waals surface area contributed by atoms with Gasteiger partial charge in [-0.3, -0.25) is 4.79 Å². The maximum Gasteiger partial charge on any atom is 0.253 e. The lowest BCUT2D eigenvalue weighted by molar-refractivity contribution is -0.231. The molecule has 0 saturated carbocycles. The van der Waals surface area contributed by atoms with Crippen molar-refractivity contribution in [3.63, 3.8) is 0 Å². The molecule has 0 bridgehead atoms. The quantitative estimate of drug-likeness (QED) is 0.355. The Hall–Kier alpha value is -2.82. The van der Waals surface area contributed by atoms with Crippen molar-refractivity contribution in [1.82, 2.24) is 15.3 Å². The molecule has 4 rings (SSSR count). The van der Waals surface area contributed by atoms with Gasteiger partial charge in [0.25, 0.3) is 5.91 Å². The van der Waals surface area contributed by atoms with Gasteiger partial charge in [-0.2, -0.15) is 0 Å². The van der Waals surface area contributed by atoms with Gasteiger partial charge in [-0.15, -0.1) is 0 Å². The Morgan fingerprint density at radius 2 is 1.90 bits per heavy atom. The van der Waals surface area contributed by atoms with Gasteiger partial charge in [-0.1, -0.05) is 24.3 Å². The van der Waals surface area contributed by atoms with Crippen molar-refractivity contribution < 1.29 is 30.0 Å². The Balaban J connectivity index is 1.71. The van der Waals surface area contributed by atoms with Crippen molar-refractivity contribution in [3.05, 3.63) is 53.6 Å². The van der Waals surface area contributed by atoms with Crippen LogP contribution in [0.1, 0.15) is 22.0 Å². The van der Waals surface area contributed by atoms with Crippen LogP contribution >= 0.6 is 0 Å². The van der Waals surface area contributed by atoms with Crippen LogP contribution in [0.4, 0.5) is 0 Å². The summed E-state index contributed by atoms with van der Waals surface area (Å²) in [6.45, 7) is -0.493. The highest BCUT2D eigenvalue weighted by Crippen LogP contribution is 2.34. The number of aromatic nitrogens is 2. The summed E-state index contributed by atoms with van der Waals surface area (Å²) in [5, 5.41) is 42.4. The third kappa shape index (κ3) is 3.47. The number of rotatable bonds is 4. The molecule has 30 heavy (non-hydrogen) atoms. The molecule has 1 aliphatic heterocycles. The van der Waals surface area contributed by atoms with Gasteiger partial charge in [0, 0.05) is 12.6 Å². The smallest absolute Gasteiger partial charge is 0.253 e. The van der Waals surface area contributed by atoms with E-state index in [2.05, 4.69) is 15.3 Å². The molecule has 1 saturated heterocycles. The predicted molar refractivity (Wildman–Crippen MR) is 108 cm³/mol. The summed E-state index contributed by atoms with van der Waals surface area (Å²) >= 11 is 0. The second-order valence-electron chi connectivity index (χ2n) is 7.24. The van der Waals surface area contributed by atoms with Crippen LogP contribution in [0.15, 0.2) is 42.5 Å². The van der Waals surface area contributed by atoms with E-state index in [9.17, 15) is 25.2 Å². The third-order valence-electron chi connectivity index (χ3n) is 5.37. The normalized spacial score (nSPS) is 26.6. The van der Waals surface area contributed by atoms with Crippen molar-refractivity contribution in [2.75, 3.05) is 13.7 Å². The second-order valence-corrected chi connectivity index (χ2v) is 7.24. The number of carbonyl (C=O) groups excluding carboxylic acids is 1. The number of aliphatic hydroxyl groups excluding tert-OH is 4. The minimum atomic E-state index is -1.45. The average molecular weight is 413 g/mol. The molecule has 1 amide bonds. The SMILES string of the molecule is CNC(=O)c1cccc2[nH]c(-c3cccc([C@H]4O[C@H](CO)[C@@H](O)[C@H](O)[C@H]4O)c3)nc12. The van der Waals surface area contributed by atoms with Gasteiger partial charge in [-0.05, 0) is 23.8 Å². The van der Waals surface area contributed by atoms with Crippen LogP contribution in [0.25, 0.3) is 22.4 Å². The molecule has 9 heteroatoms. The number of benzene rings is 2. The van der Waals surface area contributed by atoms with E-state index in [1.165, 1.54) is 0 Å². The molecule has 9 nitrogen and oxygen atoms in total. The van der Waals surface area contributed by atoms with E-state index >= 15 is 0 Å².